The van der Waals surface area contributed by atoms with Crippen LogP contribution in [0.1, 0.15) is 50.6 Å². The molecule has 0 aromatic carbocycles. The number of rotatable bonds is 6. The zero-order valence-electron chi connectivity index (χ0n) is 17.8. The van der Waals surface area contributed by atoms with Crippen LogP contribution in [0, 0.1) is 12.8 Å². The number of piperidine rings is 1. The number of hydrogen-bond acceptors (Lipinski definition) is 7. The van der Waals surface area contributed by atoms with Gasteiger partial charge in [-0.1, -0.05) is 24.2 Å². The molecule has 1 amide bonds. The fourth-order valence-electron chi connectivity index (χ4n) is 4.42. The van der Waals surface area contributed by atoms with Gasteiger partial charge in [-0.15, -0.1) is 5.10 Å². The van der Waals surface area contributed by atoms with Crippen LogP contribution in [-0.2, 0) is 4.79 Å². The third-order valence-electron chi connectivity index (χ3n) is 6.07. The van der Waals surface area contributed by atoms with E-state index in [1.807, 2.05) is 6.92 Å². The number of amides is 1. The maximum absolute atomic E-state index is 12.7. The Balaban J connectivity index is 1.28. The van der Waals surface area contributed by atoms with Crippen molar-refractivity contribution in [2.45, 2.75) is 51.9 Å². The first-order chi connectivity index (χ1) is 14.6. The number of carbonyl (C=O) groups excluding carboxylic acids is 1. The number of nitrogens with one attached hydrogen (secondary N) is 1. The Morgan fingerprint density at radius 1 is 1.20 bits per heavy atom. The molecule has 2 aromatic rings. The summed E-state index contributed by atoms with van der Waals surface area (Å²) in [5.74, 6) is 0.109. The number of nitrogens with zero attached hydrogens (tertiary/aromatic N) is 5. The molecule has 2 fully saturated rings. The van der Waals surface area contributed by atoms with Gasteiger partial charge in [0.15, 0.2) is 0 Å². The fraction of sp³-hybridized carbons (Fsp3) is 0.714. The van der Waals surface area contributed by atoms with Gasteiger partial charge in [0, 0.05) is 31.4 Å². The van der Waals surface area contributed by atoms with Crippen LogP contribution in [0.4, 0.5) is 5.13 Å². The van der Waals surface area contributed by atoms with Crippen molar-refractivity contribution in [2.24, 2.45) is 5.92 Å². The van der Waals surface area contributed by atoms with Crippen LogP contribution in [0.25, 0.3) is 4.96 Å². The van der Waals surface area contributed by atoms with Crippen LogP contribution < -0.4 is 15.8 Å². The normalized spacial score (nSPS) is 21.0. The largest absolute Gasteiger partial charge is 0.356 e. The molecule has 0 saturated carbocycles. The van der Waals surface area contributed by atoms with Crippen LogP contribution in [0.5, 0.6) is 0 Å². The summed E-state index contributed by atoms with van der Waals surface area (Å²) in [6, 6.07) is 1.49. The van der Waals surface area contributed by atoms with Crippen molar-refractivity contribution in [2.75, 3.05) is 44.2 Å². The predicted molar refractivity (Wildman–Crippen MR) is 119 cm³/mol. The van der Waals surface area contributed by atoms with E-state index in [0.29, 0.717) is 17.2 Å². The number of hydrogen-bond donors (Lipinski definition) is 1. The van der Waals surface area contributed by atoms with Gasteiger partial charge < -0.3 is 15.1 Å². The number of aryl methyl sites for hydroxylation is 1. The van der Waals surface area contributed by atoms with Crippen molar-refractivity contribution in [3.63, 3.8) is 0 Å². The summed E-state index contributed by atoms with van der Waals surface area (Å²) < 4.78 is 1.36. The molecule has 1 atom stereocenters. The predicted octanol–water partition coefficient (Wildman–Crippen LogP) is 2.06. The SMILES string of the molecule is Cc1cc(=O)n2nc(N3CCC[C@@H](C(=O)NCCCN4CCCCCC4)C3)sc2n1. The lowest BCUT2D eigenvalue weighted by Gasteiger charge is -2.31. The first kappa shape index (κ1) is 21.2. The van der Waals surface area contributed by atoms with E-state index in [4.69, 9.17) is 0 Å². The van der Waals surface area contributed by atoms with Crippen LogP contribution in [0.15, 0.2) is 10.9 Å². The van der Waals surface area contributed by atoms with Crippen LogP contribution in [0.3, 0.4) is 0 Å². The summed E-state index contributed by atoms with van der Waals surface area (Å²) in [6.45, 7) is 7.53. The van der Waals surface area contributed by atoms with Gasteiger partial charge in [0.1, 0.15) is 0 Å². The smallest absolute Gasteiger partial charge is 0.275 e. The second-order valence-corrected chi connectivity index (χ2v) is 9.43. The summed E-state index contributed by atoms with van der Waals surface area (Å²) in [4.78, 5) is 34.5. The molecular formula is C21H32N6O2S. The van der Waals surface area contributed by atoms with Gasteiger partial charge in [0.25, 0.3) is 5.56 Å². The van der Waals surface area contributed by atoms with E-state index in [2.05, 4.69) is 25.2 Å². The van der Waals surface area contributed by atoms with Crippen LogP contribution >= 0.6 is 11.3 Å². The Hall–Kier alpha value is -2.00. The Morgan fingerprint density at radius 3 is 2.80 bits per heavy atom. The minimum absolute atomic E-state index is 0.0321. The first-order valence-electron chi connectivity index (χ1n) is 11.2. The van der Waals surface area contributed by atoms with E-state index < -0.39 is 0 Å². The summed E-state index contributed by atoms with van der Waals surface area (Å²) in [7, 11) is 0. The Labute approximate surface area is 181 Å². The molecule has 0 radical (unpaired) electrons. The fourth-order valence-corrected chi connectivity index (χ4v) is 5.41. The maximum atomic E-state index is 12.7. The van der Waals surface area contributed by atoms with Crippen molar-refractivity contribution in [1.82, 2.24) is 24.8 Å². The molecule has 2 aliphatic heterocycles. The topological polar surface area (TPSA) is 82.8 Å². The molecule has 164 valence electrons. The van der Waals surface area contributed by atoms with E-state index in [-0.39, 0.29) is 17.4 Å². The van der Waals surface area contributed by atoms with Crippen LogP contribution in [-0.4, -0.2) is 64.7 Å². The summed E-state index contributed by atoms with van der Waals surface area (Å²) in [5, 5.41) is 8.37. The summed E-state index contributed by atoms with van der Waals surface area (Å²) >= 11 is 1.41. The number of aromatic nitrogens is 3. The highest BCUT2D eigenvalue weighted by atomic mass is 32.1. The second kappa shape index (κ2) is 9.87. The molecule has 9 heteroatoms. The van der Waals surface area contributed by atoms with Gasteiger partial charge in [-0.25, -0.2) is 4.98 Å². The van der Waals surface area contributed by atoms with E-state index in [1.54, 1.807) is 0 Å². The van der Waals surface area contributed by atoms with Crippen molar-refractivity contribution in [1.29, 1.82) is 0 Å². The standard InChI is InChI=1S/C21H32N6O2S/c1-16-14-18(28)27-20(23-16)30-21(24-27)26-13-6-8-17(15-26)19(29)22-9-7-12-25-10-4-2-3-5-11-25/h14,17H,2-13,15H2,1H3,(H,22,29)/t17-/m1/s1. The molecule has 0 bridgehead atoms. The lowest BCUT2D eigenvalue weighted by molar-refractivity contribution is -0.125. The van der Waals surface area contributed by atoms with Crippen molar-refractivity contribution >= 4 is 27.3 Å². The van der Waals surface area contributed by atoms with Crippen molar-refractivity contribution in [3.8, 4) is 0 Å². The Bertz CT molecular complexity index is 918. The van der Waals surface area contributed by atoms with Gasteiger partial charge in [-0.2, -0.15) is 4.52 Å². The van der Waals surface area contributed by atoms with Gasteiger partial charge in [0.05, 0.1) is 5.92 Å². The zero-order chi connectivity index (χ0) is 20.9. The molecule has 4 rings (SSSR count). The van der Waals surface area contributed by atoms with Crippen molar-refractivity contribution < 1.29 is 4.79 Å². The zero-order valence-corrected chi connectivity index (χ0v) is 18.6. The van der Waals surface area contributed by atoms with E-state index in [0.717, 1.165) is 44.0 Å². The molecule has 0 unspecified atom stereocenters. The van der Waals surface area contributed by atoms with E-state index in [9.17, 15) is 9.59 Å². The summed E-state index contributed by atoms with van der Waals surface area (Å²) in [6.07, 6.45) is 8.16. The molecular weight excluding hydrogens is 400 g/mol. The van der Waals surface area contributed by atoms with E-state index >= 15 is 0 Å². The van der Waals surface area contributed by atoms with Crippen LogP contribution in [0.2, 0.25) is 0 Å². The minimum atomic E-state index is -0.157. The molecule has 2 aliphatic rings. The molecule has 30 heavy (non-hydrogen) atoms. The Morgan fingerprint density at radius 2 is 2.00 bits per heavy atom. The lowest BCUT2D eigenvalue weighted by atomic mass is 9.97. The first-order valence-corrected chi connectivity index (χ1v) is 12.0. The monoisotopic (exact) mass is 432 g/mol. The quantitative estimate of drug-likeness (QED) is 0.704. The number of anilines is 1. The number of likely N-dealkylation sites (tertiary alicyclic amines) is 1. The highest BCUT2D eigenvalue weighted by Gasteiger charge is 2.27. The van der Waals surface area contributed by atoms with Crippen molar-refractivity contribution in [3.05, 3.63) is 22.1 Å². The average Bonchev–Trinajstić information content (AvgIpc) is 3.00. The molecule has 4 heterocycles. The third-order valence-corrected chi connectivity index (χ3v) is 7.04. The highest BCUT2D eigenvalue weighted by Crippen LogP contribution is 2.27. The average molecular weight is 433 g/mol. The molecule has 2 saturated heterocycles. The molecule has 8 nitrogen and oxygen atoms in total. The maximum Gasteiger partial charge on any atom is 0.275 e. The molecule has 1 N–H and O–H groups in total. The van der Waals surface area contributed by atoms with Gasteiger partial charge >= 0.3 is 0 Å². The van der Waals surface area contributed by atoms with Gasteiger partial charge in [-0.3, -0.25) is 9.59 Å². The lowest BCUT2D eigenvalue weighted by Crippen LogP contribution is -2.43. The summed E-state index contributed by atoms with van der Waals surface area (Å²) in [5.41, 5.74) is 0.544. The van der Waals surface area contributed by atoms with Gasteiger partial charge in [0.2, 0.25) is 16.0 Å². The van der Waals surface area contributed by atoms with Gasteiger partial charge in [-0.05, 0) is 58.7 Å². The second-order valence-electron chi connectivity index (χ2n) is 8.50. The van der Waals surface area contributed by atoms with E-state index in [1.165, 1.54) is 60.7 Å². The number of carbonyl (C=O) groups is 1. The third kappa shape index (κ3) is 5.18. The molecule has 2 aromatic heterocycles. The molecule has 0 spiro atoms. The number of fused-ring (bicyclic) bond motifs is 1. The highest BCUT2D eigenvalue weighted by molar-refractivity contribution is 7.20. The molecule has 0 aliphatic carbocycles. The minimum Gasteiger partial charge on any atom is -0.356 e. The Kier molecular flexibility index (Phi) is 6.99.